The molecule has 1 atom stereocenters. The number of nitrogens with one attached hydrogen (secondary N) is 1. The van der Waals surface area contributed by atoms with E-state index in [0.717, 1.165) is 45.2 Å². The van der Waals surface area contributed by atoms with E-state index < -0.39 is 0 Å². The largest absolute Gasteiger partial charge is 0.360 e. The Labute approximate surface area is 149 Å². The summed E-state index contributed by atoms with van der Waals surface area (Å²) in [6.45, 7) is 3.78. The van der Waals surface area contributed by atoms with E-state index in [4.69, 9.17) is 0 Å². The predicted octanol–water partition coefficient (Wildman–Crippen LogP) is 4.70. The second-order valence-electron chi connectivity index (χ2n) is 7.14. The first-order chi connectivity index (χ1) is 12.3. The van der Waals surface area contributed by atoms with Gasteiger partial charge in [0.05, 0.1) is 0 Å². The van der Waals surface area contributed by atoms with E-state index in [1.807, 2.05) is 4.90 Å². The van der Waals surface area contributed by atoms with Crippen molar-refractivity contribution >= 4 is 22.4 Å². The van der Waals surface area contributed by atoms with Gasteiger partial charge in [0, 0.05) is 41.7 Å². The number of amides is 1. The van der Waals surface area contributed by atoms with Gasteiger partial charge in [-0.2, -0.15) is 0 Å². The summed E-state index contributed by atoms with van der Waals surface area (Å²) >= 11 is 0. The highest BCUT2D eigenvalue weighted by atomic mass is 16.2. The minimum absolute atomic E-state index is 0.195. The number of aromatic amines is 1. The minimum atomic E-state index is 0.195. The average molecular weight is 334 g/mol. The summed E-state index contributed by atoms with van der Waals surface area (Å²) < 4.78 is 0. The van der Waals surface area contributed by atoms with Crippen LogP contribution in [0.15, 0.2) is 42.6 Å². The molecule has 2 heterocycles. The van der Waals surface area contributed by atoms with Crippen molar-refractivity contribution in [1.29, 1.82) is 0 Å². The summed E-state index contributed by atoms with van der Waals surface area (Å²) in [4.78, 5) is 18.2. The number of para-hydroxylation sites is 1. The smallest absolute Gasteiger partial charge is 0.226 e. The quantitative estimate of drug-likeness (QED) is 0.811. The van der Waals surface area contributed by atoms with Crippen molar-refractivity contribution < 1.29 is 4.79 Å². The fourth-order valence-electron chi connectivity index (χ4n) is 4.17. The molecule has 0 saturated carbocycles. The van der Waals surface area contributed by atoms with Gasteiger partial charge in [-0.3, -0.25) is 4.79 Å². The van der Waals surface area contributed by atoms with Crippen molar-refractivity contribution in [3.63, 3.8) is 0 Å². The van der Waals surface area contributed by atoms with Gasteiger partial charge in [-0.15, -0.1) is 0 Å². The SMILES string of the molecule is CCc1cccc2c(C3=CCN(C(=O)C4CC=CCC4)CC3)c[nH]c12. The van der Waals surface area contributed by atoms with Crippen molar-refractivity contribution in [3.05, 3.63) is 53.8 Å². The molecule has 1 aliphatic heterocycles. The fraction of sp³-hybridized carbons (Fsp3) is 0.409. The van der Waals surface area contributed by atoms with Gasteiger partial charge in [0.1, 0.15) is 0 Å². The van der Waals surface area contributed by atoms with Crippen molar-refractivity contribution in [1.82, 2.24) is 9.88 Å². The van der Waals surface area contributed by atoms with Crippen molar-refractivity contribution in [3.8, 4) is 0 Å². The summed E-state index contributed by atoms with van der Waals surface area (Å²) in [5, 5.41) is 1.31. The van der Waals surface area contributed by atoms with Crippen LogP contribution in [0.5, 0.6) is 0 Å². The number of carbonyl (C=O) groups excluding carboxylic acids is 1. The lowest BCUT2D eigenvalue weighted by Crippen LogP contribution is -2.39. The molecule has 0 saturated heterocycles. The topological polar surface area (TPSA) is 36.1 Å². The molecule has 1 aliphatic carbocycles. The standard InChI is InChI=1S/C22H26N2O/c1-2-16-9-6-10-19-20(15-23-21(16)19)17-11-13-24(14-12-17)22(25)18-7-4-3-5-8-18/h3-4,6,9-11,15,18,23H,2,5,7-8,12-14H2,1H3. The van der Waals surface area contributed by atoms with Crippen LogP contribution in [-0.4, -0.2) is 28.9 Å². The summed E-state index contributed by atoms with van der Waals surface area (Å²) in [6, 6.07) is 6.54. The highest BCUT2D eigenvalue weighted by Crippen LogP contribution is 2.31. The summed E-state index contributed by atoms with van der Waals surface area (Å²) in [5.74, 6) is 0.534. The predicted molar refractivity (Wildman–Crippen MR) is 103 cm³/mol. The third-order valence-electron chi connectivity index (χ3n) is 5.67. The van der Waals surface area contributed by atoms with Crippen LogP contribution in [0.4, 0.5) is 0 Å². The Morgan fingerprint density at radius 2 is 2.24 bits per heavy atom. The number of allylic oxidation sites excluding steroid dienone is 2. The Hall–Kier alpha value is -2.29. The molecule has 4 rings (SSSR count). The second kappa shape index (κ2) is 6.91. The number of hydrogen-bond donors (Lipinski definition) is 1. The molecule has 3 nitrogen and oxygen atoms in total. The Morgan fingerprint density at radius 3 is 2.96 bits per heavy atom. The monoisotopic (exact) mass is 334 g/mol. The maximum Gasteiger partial charge on any atom is 0.226 e. The highest BCUT2D eigenvalue weighted by Gasteiger charge is 2.26. The molecule has 2 aromatic rings. The number of H-pyrrole nitrogens is 1. The molecular formula is C22H26N2O. The molecule has 25 heavy (non-hydrogen) atoms. The second-order valence-corrected chi connectivity index (χ2v) is 7.14. The van der Waals surface area contributed by atoms with Crippen LogP contribution in [0.1, 0.15) is 43.7 Å². The lowest BCUT2D eigenvalue weighted by atomic mass is 9.92. The number of aromatic nitrogens is 1. The number of nitrogens with zero attached hydrogens (tertiary/aromatic N) is 1. The van der Waals surface area contributed by atoms with E-state index in [1.54, 1.807) is 0 Å². The van der Waals surface area contributed by atoms with Gasteiger partial charge in [-0.05, 0) is 43.2 Å². The fourth-order valence-corrected chi connectivity index (χ4v) is 4.17. The number of hydrogen-bond acceptors (Lipinski definition) is 1. The molecule has 2 aliphatic rings. The molecule has 0 spiro atoms. The van der Waals surface area contributed by atoms with E-state index in [1.165, 1.54) is 27.6 Å². The Morgan fingerprint density at radius 1 is 1.32 bits per heavy atom. The summed E-state index contributed by atoms with van der Waals surface area (Å²) in [7, 11) is 0. The van der Waals surface area contributed by atoms with E-state index in [0.29, 0.717) is 5.91 Å². The first-order valence-corrected chi connectivity index (χ1v) is 9.50. The van der Waals surface area contributed by atoms with Gasteiger partial charge in [0.25, 0.3) is 0 Å². The number of rotatable bonds is 3. The van der Waals surface area contributed by atoms with Crippen LogP contribution in [0, 0.1) is 5.92 Å². The molecule has 1 amide bonds. The lowest BCUT2D eigenvalue weighted by Gasteiger charge is -2.30. The van der Waals surface area contributed by atoms with Gasteiger partial charge in [0.15, 0.2) is 0 Å². The molecule has 1 unspecified atom stereocenters. The van der Waals surface area contributed by atoms with Crippen LogP contribution in [0.2, 0.25) is 0 Å². The number of carbonyl (C=O) groups is 1. The van der Waals surface area contributed by atoms with Crippen LogP contribution in [-0.2, 0) is 11.2 Å². The zero-order chi connectivity index (χ0) is 17.2. The summed E-state index contributed by atoms with van der Waals surface area (Å²) in [6.07, 6.45) is 13.7. The first-order valence-electron chi connectivity index (χ1n) is 9.50. The van der Waals surface area contributed by atoms with Crippen LogP contribution >= 0.6 is 0 Å². The first kappa shape index (κ1) is 16.2. The maximum atomic E-state index is 12.7. The van der Waals surface area contributed by atoms with Gasteiger partial charge in [-0.1, -0.05) is 43.4 Å². The molecule has 0 fully saturated rings. The third-order valence-corrected chi connectivity index (χ3v) is 5.67. The number of fused-ring (bicyclic) bond motifs is 1. The normalized spacial score (nSPS) is 20.8. The van der Waals surface area contributed by atoms with Crippen molar-refractivity contribution in [2.24, 2.45) is 5.92 Å². The lowest BCUT2D eigenvalue weighted by molar-refractivity contribution is -0.135. The molecular weight excluding hydrogens is 308 g/mol. The van der Waals surface area contributed by atoms with Crippen LogP contribution in [0.3, 0.4) is 0 Å². The minimum Gasteiger partial charge on any atom is -0.360 e. The van der Waals surface area contributed by atoms with Crippen LogP contribution in [0.25, 0.3) is 16.5 Å². The van der Waals surface area contributed by atoms with Gasteiger partial charge < -0.3 is 9.88 Å². The van der Waals surface area contributed by atoms with E-state index in [9.17, 15) is 4.79 Å². The number of benzene rings is 1. The Bertz CT molecular complexity index is 843. The van der Waals surface area contributed by atoms with Gasteiger partial charge in [-0.25, -0.2) is 0 Å². The molecule has 0 bridgehead atoms. The Kier molecular flexibility index (Phi) is 4.48. The van der Waals surface area contributed by atoms with Gasteiger partial charge >= 0.3 is 0 Å². The van der Waals surface area contributed by atoms with E-state index in [2.05, 4.69) is 54.5 Å². The molecule has 3 heteroatoms. The molecule has 1 aromatic carbocycles. The highest BCUT2D eigenvalue weighted by molar-refractivity contribution is 5.94. The molecule has 130 valence electrons. The van der Waals surface area contributed by atoms with Crippen molar-refractivity contribution in [2.45, 2.75) is 39.0 Å². The zero-order valence-corrected chi connectivity index (χ0v) is 14.9. The summed E-state index contributed by atoms with van der Waals surface area (Å²) in [5.41, 5.74) is 5.29. The van der Waals surface area contributed by atoms with Crippen LogP contribution < -0.4 is 0 Å². The van der Waals surface area contributed by atoms with Crippen molar-refractivity contribution in [2.75, 3.05) is 13.1 Å². The molecule has 0 radical (unpaired) electrons. The van der Waals surface area contributed by atoms with Gasteiger partial charge in [0.2, 0.25) is 5.91 Å². The molecule has 1 N–H and O–H groups in total. The maximum absolute atomic E-state index is 12.7. The molecule has 1 aromatic heterocycles. The van der Waals surface area contributed by atoms with E-state index >= 15 is 0 Å². The Balaban J connectivity index is 1.53. The van der Waals surface area contributed by atoms with E-state index in [-0.39, 0.29) is 5.92 Å². The zero-order valence-electron chi connectivity index (χ0n) is 14.9. The average Bonchev–Trinajstić information content (AvgIpc) is 3.12. The number of aryl methyl sites for hydroxylation is 1. The third kappa shape index (κ3) is 3.04.